The van der Waals surface area contributed by atoms with Gasteiger partial charge >= 0.3 is 0 Å². The van der Waals surface area contributed by atoms with Crippen molar-refractivity contribution in [1.82, 2.24) is 9.78 Å². The van der Waals surface area contributed by atoms with Gasteiger partial charge in [0.1, 0.15) is 5.54 Å². The minimum absolute atomic E-state index is 0.101. The Kier molecular flexibility index (Phi) is 2.86. The molecule has 88 valence electrons. The molecule has 0 amide bonds. The van der Waals surface area contributed by atoms with Gasteiger partial charge in [0.2, 0.25) is 0 Å². The molecule has 1 heterocycles. The van der Waals surface area contributed by atoms with Crippen molar-refractivity contribution in [3.05, 3.63) is 30.5 Å². The minimum Gasteiger partial charge on any atom is -0.314 e. The Labute approximate surface area is 101 Å². The van der Waals surface area contributed by atoms with Crippen LogP contribution in [0.2, 0.25) is 0 Å². The third-order valence-corrected chi connectivity index (χ3v) is 2.90. The van der Waals surface area contributed by atoms with Crippen molar-refractivity contribution >= 4 is 10.9 Å². The van der Waals surface area contributed by atoms with Gasteiger partial charge in [-0.3, -0.25) is 4.68 Å². The quantitative estimate of drug-likeness (QED) is 0.875. The van der Waals surface area contributed by atoms with Gasteiger partial charge < -0.3 is 5.73 Å². The lowest BCUT2D eigenvalue weighted by atomic mass is 9.97. The minimum atomic E-state index is -0.813. The second kappa shape index (κ2) is 4.19. The summed E-state index contributed by atoms with van der Waals surface area (Å²) in [6.45, 7) is 3.77. The zero-order chi connectivity index (χ0) is 12.5. The molecule has 0 aliphatic rings. The van der Waals surface area contributed by atoms with E-state index < -0.39 is 5.54 Å². The molecular formula is C13H16N4. The van der Waals surface area contributed by atoms with E-state index in [4.69, 9.17) is 11.0 Å². The Balaban J connectivity index is 2.32. The summed E-state index contributed by atoms with van der Waals surface area (Å²) in [4.78, 5) is 0. The van der Waals surface area contributed by atoms with Crippen LogP contribution in [0.15, 0.2) is 30.5 Å². The number of hydrogen-bond donors (Lipinski definition) is 1. The van der Waals surface area contributed by atoms with Crippen LogP contribution in [0.5, 0.6) is 0 Å². The first kappa shape index (κ1) is 11.6. The maximum atomic E-state index is 8.95. The molecule has 17 heavy (non-hydrogen) atoms. The topological polar surface area (TPSA) is 67.6 Å². The van der Waals surface area contributed by atoms with Gasteiger partial charge in [-0.05, 0) is 19.9 Å². The zero-order valence-electron chi connectivity index (χ0n) is 10.1. The molecule has 0 fully saturated rings. The van der Waals surface area contributed by atoms with E-state index in [-0.39, 0.29) is 6.04 Å². The van der Waals surface area contributed by atoms with Crippen molar-refractivity contribution in [2.24, 2.45) is 5.73 Å². The van der Waals surface area contributed by atoms with Crippen molar-refractivity contribution in [1.29, 1.82) is 5.26 Å². The van der Waals surface area contributed by atoms with Crippen molar-refractivity contribution < 1.29 is 0 Å². The average molecular weight is 228 g/mol. The number of nitrogens with two attached hydrogens (primary N) is 1. The second-order valence-corrected chi connectivity index (χ2v) is 4.73. The van der Waals surface area contributed by atoms with Crippen LogP contribution in [0.25, 0.3) is 10.9 Å². The highest BCUT2D eigenvalue weighted by molar-refractivity contribution is 5.78. The van der Waals surface area contributed by atoms with E-state index in [2.05, 4.69) is 11.2 Å². The number of hydrogen-bond acceptors (Lipinski definition) is 3. The normalized spacial score (nSPS) is 16.4. The highest BCUT2D eigenvalue weighted by atomic mass is 15.3. The molecule has 0 bridgehead atoms. The van der Waals surface area contributed by atoms with Gasteiger partial charge in [0, 0.05) is 11.8 Å². The molecule has 2 N–H and O–H groups in total. The van der Waals surface area contributed by atoms with Gasteiger partial charge in [0.15, 0.2) is 0 Å². The average Bonchev–Trinajstić information content (AvgIpc) is 2.72. The lowest BCUT2D eigenvalue weighted by Crippen LogP contribution is -2.36. The third kappa shape index (κ3) is 2.29. The predicted molar refractivity (Wildman–Crippen MR) is 67.3 cm³/mol. The Morgan fingerprint density at radius 1 is 1.53 bits per heavy atom. The molecule has 2 rings (SSSR count). The van der Waals surface area contributed by atoms with Crippen LogP contribution in [0.1, 0.15) is 26.3 Å². The van der Waals surface area contributed by atoms with E-state index in [1.54, 1.807) is 6.92 Å². The Morgan fingerprint density at radius 2 is 2.24 bits per heavy atom. The van der Waals surface area contributed by atoms with Crippen molar-refractivity contribution in [2.75, 3.05) is 0 Å². The van der Waals surface area contributed by atoms with Crippen LogP contribution in [0.3, 0.4) is 0 Å². The first-order chi connectivity index (χ1) is 8.03. The number of rotatable bonds is 3. The summed E-state index contributed by atoms with van der Waals surface area (Å²) in [5, 5.41) is 14.4. The summed E-state index contributed by atoms with van der Waals surface area (Å²) in [6.07, 6.45) is 2.42. The van der Waals surface area contributed by atoms with Gasteiger partial charge in [-0.2, -0.15) is 10.4 Å². The van der Waals surface area contributed by atoms with Crippen molar-refractivity contribution in [2.45, 2.75) is 31.8 Å². The summed E-state index contributed by atoms with van der Waals surface area (Å²) in [5.41, 5.74) is 6.13. The van der Waals surface area contributed by atoms with Crippen molar-refractivity contribution in [3.63, 3.8) is 0 Å². The molecule has 0 radical (unpaired) electrons. The fourth-order valence-corrected chi connectivity index (χ4v) is 2.09. The van der Waals surface area contributed by atoms with E-state index in [9.17, 15) is 0 Å². The molecule has 2 unspecified atom stereocenters. The van der Waals surface area contributed by atoms with E-state index in [0.717, 1.165) is 10.9 Å². The largest absolute Gasteiger partial charge is 0.314 e. The molecule has 0 aliphatic heterocycles. The van der Waals surface area contributed by atoms with E-state index in [1.807, 2.05) is 42.1 Å². The van der Waals surface area contributed by atoms with Gasteiger partial charge in [0.05, 0.1) is 23.8 Å². The highest BCUT2D eigenvalue weighted by Crippen LogP contribution is 2.22. The Bertz CT molecular complexity index is 562. The van der Waals surface area contributed by atoms with E-state index >= 15 is 0 Å². The van der Waals surface area contributed by atoms with Crippen LogP contribution in [-0.2, 0) is 0 Å². The SMILES string of the molecule is CC(CC(C)(N)C#N)n1ncc2ccccc21. The molecule has 1 aromatic heterocycles. The van der Waals surface area contributed by atoms with Gasteiger partial charge in [-0.15, -0.1) is 0 Å². The molecule has 0 aliphatic carbocycles. The maximum absolute atomic E-state index is 8.95. The smallest absolute Gasteiger partial charge is 0.103 e. The molecule has 2 atom stereocenters. The van der Waals surface area contributed by atoms with Crippen molar-refractivity contribution in [3.8, 4) is 6.07 Å². The Morgan fingerprint density at radius 3 is 2.94 bits per heavy atom. The molecule has 1 aromatic carbocycles. The van der Waals surface area contributed by atoms with Gasteiger partial charge in [-0.1, -0.05) is 18.2 Å². The third-order valence-electron chi connectivity index (χ3n) is 2.90. The highest BCUT2D eigenvalue weighted by Gasteiger charge is 2.22. The summed E-state index contributed by atoms with van der Waals surface area (Å²) in [5.74, 6) is 0. The summed E-state index contributed by atoms with van der Waals surface area (Å²) < 4.78 is 1.93. The Hall–Kier alpha value is -1.86. The summed E-state index contributed by atoms with van der Waals surface area (Å²) >= 11 is 0. The molecule has 4 heteroatoms. The van der Waals surface area contributed by atoms with E-state index in [0.29, 0.717) is 6.42 Å². The number of para-hydroxylation sites is 1. The molecular weight excluding hydrogens is 212 g/mol. The number of aromatic nitrogens is 2. The maximum Gasteiger partial charge on any atom is 0.103 e. The molecule has 2 aromatic rings. The van der Waals surface area contributed by atoms with Crippen LogP contribution in [-0.4, -0.2) is 15.3 Å². The van der Waals surface area contributed by atoms with Crippen LogP contribution in [0, 0.1) is 11.3 Å². The molecule has 0 spiro atoms. The fraction of sp³-hybridized carbons (Fsp3) is 0.385. The predicted octanol–water partition coefficient (Wildman–Crippen LogP) is 2.23. The van der Waals surface area contributed by atoms with Crippen LogP contribution < -0.4 is 5.73 Å². The number of benzene rings is 1. The van der Waals surface area contributed by atoms with E-state index in [1.165, 1.54) is 0 Å². The molecule has 4 nitrogen and oxygen atoms in total. The fourth-order valence-electron chi connectivity index (χ4n) is 2.09. The number of fused-ring (bicyclic) bond motifs is 1. The number of nitriles is 1. The van der Waals surface area contributed by atoms with Gasteiger partial charge in [-0.25, -0.2) is 0 Å². The first-order valence-electron chi connectivity index (χ1n) is 5.66. The monoisotopic (exact) mass is 228 g/mol. The molecule has 0 saturated heterocycles. The lowest BCUT2D eigenvalue weighted by molar-refractivity contribution is 0.395. The first-order valence-corrected chi connectivity index (χ1v) is 5.66. The van der Waals surface area contributed by atoms with Gasteiger partial charge in [0.25, 0.3) is 0 Å². The number of nitrogens with zero attached hydrogens (tertiary/aromatic N) is 3. The lowest BCUT2D eigenvalue weighted by Gasteiger charge is -2.21. The van der Waals surface area contributed by atoms with Crippen LogP contribution in [0.4, 0.5) is 0 Å². The second-order valence-electron chi connectivity index (χ2n) is 4.73. The summed E-state index contributed by atoms with van der Waals surface area (Å²) in [7, 11) is 0. The molecule has 0 saturated carbocycles. The standard InChI is InChI=1S/C13H16N4/c1-10(7-13(2,15)9-14)17-12-6-4-3-5-11(12)8-16-17/h3-6,8,10H,7,15H2,1-2H3. The summed E-state index contributed by atoms with van der Waals surface area (Å²) in [6, 6.07) is 10.2. The zero-order valence-corrected chi connectivity index (χ0v) is 10.1. The van der Waals surface area contributed by atoms with Crippen LogP contribution >= 0.6 is 0 Å².